The highest BCUT2D eigenvalue weighted by Crippen LogP contribution is 2.51. The number of nitrogens with one attached hydrogen (secondary N) is 1. The summed E-state index contributed by atoms with van der Waals surface area (Å²) in [6, 6.07) is 14.4. The molecule has 0 bridgehead atoms. The van der Waals surface area contributed by atoms with Crippen LogP contribution in [-0.2, 0) is 15.6 Å². The van der Waals surface area contributed by atoms with Crippen LogP contribution in [0.4, 0.5) is 11.4 Å². The van der Waals surface area contributed by atoms with Crippen LogP contribution in [0.5, 0.6) is 0 Å². The molecule has 2 heterocycles. The minimum absolute atomic E-state index is 0.0345. The number of hydrogen-bond acceptors (Lipinski definition) is 4. The molecule has 9 heteroatoms. The van der Waals surface area contributed by atoms with Crippen molar-refractivity contribution >= 4 is 51.9 Å². The second-order valence-electron chi connectivity index (χ2n) is 17.4. The molecule has 0 fully saturated rings. The van der Waals surface area contributed by atoms with Gasteiger partial charge in [-0.1, -0.05) is 44.0 Å². The fourth-order valence-corrected chi connectivity index (χ4v) is 8.25. The van der Waals surface area contributed by atoms with E-state index in [0.29, 0.717) is 37.8 Å². The number of nitrogens with zero attached hydrogens (tertiary/aromatic N) is 5. The highest BCUT2D eigenvalue weighted by molar-refractivity contribution is 6.31. The standard InChI is InChI=1S/C43H54Cl2N6O/c1-27(28(2)51(10,11)12)26-49-37-17-15-31(45)21-35(37)43(5,6)39(49)23-33-40(29(24-46)25-47)32(41(33)52)22-38-42(3,4)34-20-30(44)14-16-36(34)48(38)18-13-19-50(7,8)9/h14-17,20-23,27-28,46H,10,13,18-19,26H2,1-9,11-12H3/q+2. The predicted molar refractivity (Wildman–Crippen MR) is 215 cm³/mol. The number of rotatable bonds is 11. The number of ketones is 1. The lowest BCUT2D eigenvalue weighted by atomic mass is 9.73. The molecule has 7 nitrogen and oxygen atoms in total. The van der Waals surface area contributed by atoms with Gasteiger partial charge in [0.05, 0.1) is 45.1 Å². The van der Waals surface area contributed by atoms with Crippen molar-refractivity contribution in [3.05, 3.63) is 105 Å². The second kappa shape index (κ2) is 13.9. The number of carbonyl (C=O) groups excluding carboxylic acids is 1. The summed E-state index contributed by atoms with van der Waals surface area (Å²) in [4.78, 5) is 16.8. The third kappa shape index (κ3) is 7.13. The third-order valence-corrected chi connectivity index (χ3v) is 11.9. The van der Waals surface area contributed by atoms with Gasteiger partial charge in [0, 0.05) is 88.3 Å². The number of halogens is 2. The average molecular weight is 742 g/mol. The van der Waals surface area contributed by atoms with E-state index in [9.17, 15) is 10.1 Å². The molecule has 0 aromatic heterocycles. The number of nitriles is 1. The Morgan fingerprint density at radius 2 is 1.62 bits per heavy atom. The largest absolute Gasteiger partial charge is 0.459 e. The van der Waals surface area contributed by atoms with Crippen LogP contribution < -0.4 is 4.90 Å². The zero-order valence-corrected chi connectivity index (χ0v) is 34.2. The van der Waals surface area contributed by atoms with Gasteiger partial charge in [0.25, 0.3) is 0 Å². The zero-order valence-electron chi connectivity index (χ0n) is 32.7. The molecular weight excluding hydrogens is 687 g/mol. The summed E-state index contributed by atoms with van der Waals surface area (Å²) in [5, 5.41) is 19.7. The van der Waals surface area contributed by atoms with Crippen molar-refractivity contribution in [3.8, 4) is 6.07 Å². The molecule has 2 unspecified atom stereocenters. The van der Waals surface area contributed by atoms with Crippen molar-refractivity contribution in [3.63, 3.8) is 0 Å². The minimum Gasteiger partial charge on any atom is -0.459 e. The monoisotopic (exact) mass is 740 g/mol. The summed E-state index contributed by atoms with van der Waals surface area (Å²) in [5.41, 5.74) is 6.54. The van der Waals surface area contributed by atoms with Crippen LogP contribution in [0, 0.1) is 29.7 Å². The van der Waals surface area contributed by atoms with Gasteiger partial charge >= 0.3 is 0 Å². The first-order valence-electron chi connectivity index (χ1n) is 18.0. The molecule has 2 aromatic rings. The van der Waals surface area contributed by atoms with E-state index < -0.39 is 10.8 Å². The Kier molecular flexibility index (Phi) is 10.5. The van der Waals surface area contributed by atoms with E-state index in [1.165, 1.54) is 0 Å². The van der Waals surface area contributed by atoms with Crippen LogP contribution >= 0.6 is 23.2 Å². The summed E-state index contributed by atoms with van der Waals surface area (Å²) >= 11 is 13.1. The quantitative estimate of drug-likeness (QED) is 0.0627. The molecule has 274 valence electrons. The van der Waals surface area contributed by atoms with Gasteiger partial charge in [0.1, 0.15) is 11.6 Å². The van der Waals surface area contributed by atoms with Crippen LogP contribution in [0.15, 0.2) is 76.5 Å². The Labute approximate surface area is 321 Å². The van der Waals surface area contributed by atoms with Gasteiger partial charge in [-0.2, -0.15) is 9.84 Å². The normalized spacial score (nSPS) is 20.5. The Morgan fingerprint density at radius 3 is 2.19 bits per heavy atom. The summed E-state index contributed by atoms with van der Waals surface area (Å²) in [7, 11) is 15.1. The maximum absolute atomic E-state index is 14.5. The summed E-state index contributed by atoms with van der Waals surface area (Å²) in [5.74, 6) is 2.44. The van der Waals surface area contributed by atoms with E-state index in [1.54, 1.807) is 0 Å². The molecule has 2 atom stereocenters. The molecule has 52 heavy (non-hydrogen) atoms. The van der Waals surface area contributed by atoms with E-state index in [4.69, 9.17) is 28.6 Å². The van der Waals surface area contributed by atoms with Crippen LogP contribution in [0.1, 0.15) is 59.1 Å². The van der Waals surface area contributed by atoms with Crippen molar-refractivity contribution in [2.75, 3.05) is 59.8 Å². The number of benzene rings is 2. The van der Waals surface area contributed by atoms with Gasteiger partial charge in [-0.05, 0) is 68.6 Å². The summed E-state index contributed by atoms with van der Waals surface area (Å²) in [6.07, 6.45) is 4.82. The van der Waals surface area contributed by atoms with Crippen LogP contribution in [0.2, 0.25) is 10.0 Å². The molecule has 0 amide bonds. The lowest BCUT2D eigenvalue weighted by Gasteiger charge is -2.42. The van der Waals surface area contributed by atoms with Crippen LogP contribution in [-0.4, -0.2) is 91.8 Å². The van der Waals surface area contributed by atoms with Gasteiger partial charge in [0.2, 0.25) is 5.69 Å². The van der Waals surface area contributed by atoms with E-state index in [2.05, 4.69) is 117 Å². The number of Topliss-reactive ketones (excluding diaryl/α,β-unsaturated/α-hetero) is 1. The molecule has 2 aromatic carbocycles. The number of carbonyl (C=O) groups is 1. The summed E-state index contributed by atoms with van der Waals surface area (Å²) in [6.45, 7) is 15.5. The fraction of sp³-hybridized carbons (Fsp3) is 0.442. The Bertz CT molecular complexity index is 2050. The maximum Gasteiger partial charge on any atom is 0.209 e. The molecule has 1 N–H and O–H groups in total. The highest BCUT2D eigenvalue weighted by atomic mass is 35.5. The van der Waals surface area contributed by atoms with E-state index in [0.717, 1.165) is 57.9 Å². The lowest BCUT2D eigenvalue weighted by molar-refractivity contribution is -0.875. The number of quaternary nitrogens is 2. The smallest absolute Gasteiger partial charge is 0.209 e. The molecule has 0 saturated heterocycles. The van der Waals surface area contributed by atoms with Gasteiger partial charge in [0.15, 0.2) is 18.0 Å². The number of fused-ring (bicyclic) bond motifs is 2. The first kappa shape index (κ1) is 39.4. The molecule has 0 radical (unpaired) electrons. The lowest BCUT2D eigenvalue weighted by Crippen LogP contribution is -2.47. The van der Waals surface area contributed by atoms with Gasteiger partial charge in [-0.15, -0.1) is 7.05 Å². The Morgan fingerprint density at radius 1 is 1.00 bits per heavy atom. The molecule has 0 saturated carbocycles. The van der Waals surface area contributed by atoms with Crippen molar-refractivity contribution in [1.82, 2.24) is 0 Å². The number of anilines is 1. The maximum atomic E-state index is 14.5. The number of allylic oxidation sites excluding steroid dienone is 7. The van der Waals surface area contributed by atoms with Crippen LogP contribution in [0.25, 0.3) is 0 Å². The van der Waals surface area contributed by atoms with Crippen LogP contribution in [0.3, 0.4) is 0 Å². The van der Waals surface area contributed by atoms with Crippen molar-refractivity contribution in [1.29, 1.82) is 10.7 Å². The molecule has 1 aliphatic carbocycles. The van der Waals surface area contributed by atoms with Crippen molar-refractivity contribution < 1.29 is 18.3 Å². The molecule has 2 aliphatic heterocycles. The van der Waals surface area contributed by atoms with Crippen molar-refractivity contribution in [2.24, 2.45) is 5.92 Å². The number of hydrogen-bond donors (Lipinski definition) is 1. The van der Waals surface area contributed by atoms with Gasteiger partial charge in [-0.25, -0.2) is 0 Å². The van der Waals surface area contributed by atoms with Crippen molar-refractivity contribution in [2.45, 2.75) is 64.8 Å². The topological polar surface area (TPSA) is 71.0 Å². The SMILES string of the molecule is [CH2-][N+](C)(C)C(C)C(C)C[N+]1=C(/C=C2\C(=O)C(/C=C3\N(CCC[N+](C)(C)C)c4ccc(Cl)cc4C3(C)C)=C2C(=C=N)C#N)C(C)(C)c2cc(Cl)ccc21. The van der Waals surface area contributed by atoms with E-state index in [1.807, 2.05) is 36.4 Å². The highest BCUT2D eigenvalue weighted by Gasteiger charge is 2.48. The average Bonchev–Trinajstić information content (AvgIpc) is 3.37. The Hall–Kier alpha value is -3.76. The fourth-order valence-electron chi connectivity index (χ4n) is 7.90. The van der Waals surface area contributed by atoms with Gasteiger partial charge in [-0.3, -0.25) is 10.2 Å². The summed E-state index contributed by atoms with van der Waals surface area (Å²) < 4.78 is 3.71. The molecule has 0 spiro atoms. The first-order valence-corrected chi connectivity index (χ1v) is 18.7. The Balaban J connectivity index is 1.70. The molecule has 5 rings (SSSR count). The third-order valence-electron chi connectivity index (χ3n) is 11.4. The second-order valence-corrected chi connectivity index (χ2v) is 18.3. The predicted octanol–water partition coefficient (Wildman–Crippen LogP) is 8.54. The van der Waals surface area contributed by atoms with E-state index in [-0.39, 0.29) is 23.3 Å². The molecule has 3 aliphatic rings. The van der Waals surface area contributed by atoms with E-state index >= 15 is 0 Å². The zero-order chi connectivity index (χ0) is 38.7. The molecular formula is C43H54Cl2N6O+2. The minimum atomic E-state index is -0.497. The van der Waals surface area contributed by atoms with Gasteiger partial charge < -0.3 is 13.9 Å². The first-order chi connectivity index (χ1) is 24.0.